The maximum atomic E-state index is 13.6. The third kappa shape index (κ3) is 11.6. The molecule has 0 spiro atoms. The fourth-order valence-electron chi connectivity index (χ4n) is 11.4. The van der Waals surface area contributed by atoms with Gasteiger partial charge < -0.3 is 9.84 Å². The molecule has 60 heavy (non-hydrogen) atoms. The molecule has 2 heterocycles. The molecule has 10 nitrogen and oxygen atoms in total. The summed E-state index contributed by atoms with van der Waals surface area (Å²) in [5, 5.41) is 10.6. The van der Waals surface area contributed by atoms with Crippen LogP contribution in [0.2, 0.25) is 0 Å². The highest BCUT2D eigenvalue weighted by molar-refractivity contribution is 6.05. The van der Waals surface area contributed by atoms with E-state index in [1.807, 2.05) is 26.2 Å². The molecule has 332 valence electrons. The monoisotopic (exact) mass is 833 g/mol. The summed E-state index contributed by atoms with van der Waals surface area (Å²) in [5.41, 5.74) is -0.139. The van der Waals surface area contributed by atoms with Gasteiger partial charge in [0, 0.05) is 68.2 Å². The highest BCUT2D eigenvalue weighted by atomic mass is 19.1. The Morgan fingerprint density at radius 2 is 1.42 bits per heavy atom. The van der Waals surface area contributed by atoms with Crippen LogP contribution in [0.3, 0.4) is 0 Å². The molecule has 2 aromatic rings. The maximum Gasteiger partial charge on any atom is 0.318 e. The van der Waals surface area contributed by atoms with Crippen molar-refractivity contribution >= 4 is 23.3 Å². The summed E-state index contributed by atoms with van der Waals surface area (Å²) in [6.45, 7) is 3.65. The van der Waals surface area contributed by atoms with Crippen molar-refractivity contribution in [2.24, 2.45) is 29.1 Å². The molecule has 11 heteroatoms. The van der Waals surface area contributed by atoms with E-state index in [1.165, 1.54) is 19.1 Å². The number of methoxy groups -OCH3 is 1. The fraction of sp³-hybridized carbons (Fsp3) is 0.755. The molecule has 0 radical (unpaired) electrons. The van der Waals surface area contributed by atoms with Crippen molar-refractivity contribution in [2.45, 2.75) is 192 Å². The number of halogens is 1. The summed E-state index contributed by atoms with van der Waals surface area (Å²) in [6.07, 6.45) is 30.2. The number of alkyl halides is 1. The van der Waals surface area contributed by atoms with Gasteiger partial charge in [0.2, 0.25) is 0 Å². The van der Waals surface area contributed by atoms with Crippen LogP contribution in [-0.4, -0.2) is 62.1 Å². The first-order valence-corrected chi connectivity index (χ1v) is 23.7. The molecule has 0 aromatic carbocycles. The zero-order valence-electron chi connectivity index (χ0n) is 36.9. The molecule has 0 aliphatic heterocycles. The number of aromatic nitrogens is 4. The second kappa shape index (κ2) is 23.5. The normalized spacial score (nSPS) is 27.3. The number of rotatable bonds is 19. The van der Waals surface area contributed by atoms with Gasteiger partial charge in [0.15, 0.2) is 5.78 Å². The number of ketones is 3. The topological polar surface area (TPSA) is 149 Å². The SMILES string of the molecule is CCC(=O)CCC1CCC(C(=O)CC2CCC(c3cnc(CCCF)nc3)CC2)CC1.CCCCC(=O)C1(C(=O)O)CCCCC1(c1cnc(OC)nc1)C1CCCCC1. The van der Waals surface area contributed by atoms with Gasteiger partial charge in [-0.2, -0.15) is 0 Å². The molecule has 4 aliphatic carbocycles. The van der Waals surface area contributed by atoms with Gasteiger partial charge in [-0.3, -0.25) is 23.6 Å². The van der Waals surface area contributed by atoms with E-state index in [0.29, 0.717) is 74.3 Å². The first-order chi connectivity index (χ1) is 29.1. The number of hydrogen-bond acceptors (Lipinski definition) is 9. The molecule has 2 aromatic heterocycles. The Balaban J connectivity index is 0.000000228. The minimum absolute atomic E-state index is 0.104. The number of carboxylic acid groups (broad SMARTS) is 1. The first-order valence-electron chi connectivity index (χ1n) is 23.7. The maximum absolute atomic E-state index is 13.6. The highest BCUT2D eigenvalue weighted by Crippen LogP contribution is 2.60. The molecular formula is C49H73FN4O6. The Morgan fingerprint density at radius 3 is 2.02 bits per heavy atom. The number of Topliss-reactive ketones (excluding diaryl/α,β-unsaturated/α-hetero) is 3. The van der Waals surface area contributed by atoms with Crippen LogP contribution >= 0.6 is 0 Å². The number of unbranched alkanes of at least 4 members (excludes halogenated alkanes) is 1. The summed E-state index contributed by atoms with van der Waals surface area (Å²) in [4.78, 5) is 68.4. The number of carbonyl (C=O) groups excluding carboxylic acids is 3. The highest BCUT2D eigenvalue weighted by Gasteiger charge is 2.65. The predicted molar refractivity (Wildman–Crippen MR) is 231 cm³/mol. The largest absolute Gasteiger partial charge is 0.480 e. The van der Waals surface area contributed by atoms with Crippen LogP contribution in [0, 0.1) is 29.1 Å². The molecular weight excluding hydrogens is 760 g/mol. The third-order valence-corrected chi connectivity index (χ3v) is 15.0. The van der Waals surface area contributed by atoms with Gasteiger partial charge in [-0.25, -0.2) is 19.9 Å². The fourth-order valence-corrected chi connectivity index (χ4v) is 11.4. The predicted octanol–water partition coefficient (Wildman–Crippen LogP) is 10.9. The Kier molecular flexibility index (Phi) is 18.6. The van der Waals surface area contributed by atoms with E-state index in [2.05, 4.69) is 19.9 Å². The van der Waals surface area contributed by atoms with E-state index in [0.717, 1.165) is 127 Å². The number of hydrogen-bond donors (Lipinski definition) is 1. The van der Waals surface area contributed by atoms with Gasteiger partial charge in [-0.1, -0.05) is 52.4 Å². The Hall–Kier alpha value is -3.63. The second-order valence-electron chi connectivity index (χ2n) is 18.5. The van der Waals surface area contributed by atoms with Crippen molar-refractivity contribution < 1.29 is 33.4 Å². The quantitative estimate of drug-likeness (QED) is 0.136. The van der Waals surface area contributed by atoms with Crippen LogP contribution in [0.1, 0.15) is 197 Å². The van der Waals surface area contributed by atoms with E-state index in [9.17, 15) is 28.7 Å². The van der Waals surface area contributed by atoms with Crippen molar-refractivity contribution in [2.75, 3.05) is 13.8 Å². The summed E-state index contributed by atoms with van der Waals surface area (Å²) < 4.78 is 17.4. The molecule has 0 amide bonds. The van der Waals surface area contributed by atoms with Crippen molar-refractivity contribution in [3.05, 3.63) is 41.7 Å². The zero-order valence-corrected chi connectivity index (χ0v) is 36.9. The van der Waals surface area contributed by atoms with Crippen LogP contribution in [0.4, 0.5) is 4.39 Å². The van der Waals surface area contributed by atoms with E-state index in [1.54, 1.807) is 12.4 Å². The van der Waals surface area contributed by atoms with Gasteiger partial charge in [-0.05, 0) is 131 Å². The van der Waals surface area contributed by atoms with Crippen LogP contribution < -0.4 is 4.74 Å². The number of aryl methyl sites for hydroxylation is 1. The van der Waals surface area contributed by atoms with Crippen molar-refractivity contribution in [1.29, 1.82) is 0 Å². The third-order valence-electron chi connectivity index (χ3n) is 15.0. The smallest absolute Gasteiger partial charge is 0.318 e. The van der Waals surface area contributed by atoms with E-state index < -0.39 is 16.8 Å². The molecule has 2 atom stereocenters. The van der Waals surface area contributed by atoms with Gasteiger partial charge >= 0.3 is 12.0 Å². The summed E-state index contributed by atoms with van der Waals surface area (Å²) in [7, 11) is 1.52. The number of aliphatic carboxylic acids is 1. The lowest BCUT2D eigenvalue weighted by atomic mass is 9.45. The number of ether oxygens (including phenoxy) is 1. The first kappa shape index (κ1) is 47.4. The zero-order chi connectivity index (χ0) is 43.0. The minimum atomic E-state index is -1.39. The standard InChI is InChI=1S/C26H39FN2O2.C23H34N2O4/c1-2-24(30)14-9-19-5-12-22(13-6-19)25(31)16-20-7-10-21(11-8-20)23-17-28-26(29-18-23)4-3-15-27;1-3-4-12-19(26)23(20(27)28)14-9-8-13-22(23,17-10-6-5-7-11-17)18-15-24-21(29-2)25-16-18/h17-22H,2-16H2,1H3;15-17H,3-14H2,1-2H3,(H,27,28). The van der Waals surface area contributed by atoms with Crippen LogP contribution in [0.5, 0.6) is 6.01 Å². The Labute approximate surface area is 358 Å². The summed E-state index contributed by atoms with van der Waals surface area (Å²) >= 11 is 0. The Bertz CT molecular complexity index is 1650. The van der Waals surface area contributed by atoms with E-state index >= 15 is 0 Å². The summed E-state index contributed by atoms with van der Waals surface area (Å²) in [5.74, 6) is 2.58. The van der Waals surface area contributed by atoms with Crippen LogP contribution in [0.15, 0.2) is 24.8 Å². The lowest BCUT2D eigenvalue weighted by Crippen LogP contribution is -2.61. The molecule has 4 fully saturated rings. The lowest BCUT2D eigenvalue weighted by molar-refractivity contribution is -0.168. The minimum Gasteiger partial charge on any atom is -0.480 e. The van der Waals surface area contributed by atoms with Gasteiger partial charge in [0.1, 0.15) is 22.8 Å². The van der Waals surface area contributed by atoms with Crippen LogP contribution in [0.25, 0.3) is 0 Å². The Morgan fingerprint density at radius 1 is 0.767 bits per heavy atom. The average Bonchev–Trinajstić information content (AvgIpc) is 3.30. The molecule has 0 bridgehead atoms. The average molecular weight is 833 g/mol. The van der Waals surface area contributed by atoms with E-state index in [-0.39, 0.29) is 30.3 Å². The van der Waals surface area contributed by atoms with Crippen molar-refractivity contribution in [3.63, 3.8) is 0 Å². The molecule has 6 rings (SSSR count). The summed E-state index contributed by atoms with van der Waals surface area (Å²) in [6, 6.07) is 0.265. The molecule has 1 N–H and O–H groups in total. The molecule has 2 unspecified atom stereocenters. The van der Waals surface area contributed by atoms with Crippen molar-refractivity contribution in [3.8, 4) is 6.01 Å². The van der Waals surface area contributed by atoms with Crippen molar-refractivity contribution in [1.82, 2.24) is 19.9 Å². The number of carboxylic acids is 1. The van der Waals surface area contributed by atoms with Gasteiger partial charge in [0.05, 0.1) is 13.8 Å². The van der Waals surface area contributed by atoms with Crippen LogP contribution in [-0.2, 0) is 31.0 Å². The molecule has 0 saturated heterocycles. The van der Waals surface area contributed by atoms with Gasteiger partial charge in [-0.15, -0.1) is 0 Å². The lowest BCUT2D eigenvalue weighted by Gasteiger charge is -2.55. The number of nitrogens with zero attached hydrogens (tertiary/aromatic N) is 4. The van der Waals surface area contributed by atoms with Gasteiger partial charge in [0.25, 0.3) is 0 Å². The van der Waals surface area contributed by atoms with E-state index in [4.69, 9.17) is 4.74 Å². The second-order valence-corrected chi connectivity index (χ2v) is 18.5. The molecule has 4 saturated carbocycles. The number of carbonyl (C=O) groups is 4. The molecule has 4 aliphatic rings.